The summed E-state index contributed by atoms with van der Waals surface area (Å²) in [4.78, 5) is 43.2. The summed E-state index contributed by atoms with van der Waals surface area (Å²) in [6.45, 7) is 6.46. The van der Waals surface area contributed by atoms with E-state index in [1.807, 2.05) is 129 Å². The molecule has 5 aromatic rings. The van der Waals surface area contributed by atoms with Gasteiger partial charge in [0.25, 0.3) is 11.8 Å². The molecule has 0 aliphatic carbocycles. The minimum Gasteiger partial charge on any atom is -0.482 e. The first kappa shape index (κ1) is 34.9. The first-order valence-corrected chi connectivity index (χ1v) is 21.1. The van der Waals surface area contributed by atoms with Crippen molar-refractivity contribution in [3.8, 4) is 5.75 Å². The molecule has 53 heavy (non-hydrogen) atoms. The van der Waals surface area contributed by atoms with Crippen molar-refractivity contribution in [2.24, 2.45) is 5.92 Å². The van der Waals surface area contributed by atoms with Crippen molar-refractivity contribution in [1.29, 1.82) is 0 Å². The SMILES string of the molecule is C[C@@H]1[C@@H]([Si](C)(C)O)[C@H](CCn2cc(C(CO)c3ccccc3)nn2)O[C@@]12C(=O)N(Cc1cccc(N3C(=O)COc4ccccc43)c1)c1ccccc12. The Labute approximate surface area is 309 Å². The Morgan fingerprint density at radius 2 is 1.68 bits per heavy atom. The number of carbonyl (C=O) groups is 2. The number of aryl methyl sites for hydroxylation is 1. The smallest absolute Gasteiger partial charge is 0.269 e. The van der Waals surface area contributed by atoms with Crippen LogP contribution < -0.4 is 14.5 Å². The van der Waals surface area contributed by atoms with Crippen LogP contribution in [0, 0.1) is 5.92 Å². The van der Waals surface area contributed by atoms with Crippen molar-refractivity contribution >= 4 is 37.2 Å². The number of benzene rings is 4. The third-order valence-electron chi connectivity index (χ3n) is 11.0. The lowest BCUT2D eigenvalue weighted by Gasteiger charge is -2.32. The topological polar surface area (TPSA) is 130 Å². The Morgan fingerprint density at radius 3 is 2.45 bits per heavy atom. The van der Waals surface area contributed by atoms with E-state index in [0.29, 0.717) is 35.8 Å². The summed E-state index contributed by atoms with van der Waals surface area (Å²) in [6.07, 6.45) is 1.95. The van der Waals surface area contributed by atoms with E-state index in [-0.39, 0.29) is 48.9 Å². The Balaban J connectivity index is 1.07. The van der Waals surface area contributed by atoms with Gasteiger partial charge < -0.3 is 24.3 Å². The molecule has 1 spiro atoms. The second kappa shape index (κ2) is 13.7. The number of rotatable bonds is 10. The van der Waals surface area contributed by atoms with Crippen LogP contribution in [0.25, 0.3) is 0 Å². The fourth-order valence-electron chi connectivity index (χ4n) is 8.72. The summed E-state index contributed by atoms with van der Waals surface area (Å²) in [5.41, 5.74) is 3.91. The quantitative estimate of drug-likeness (QED) is 0.170. The van der Waals surface area contributed by atoms with Gasteiger partial charge in [0.2, 0.25) is 0 Å². The third kappa shape index (κ3) is 6.05. The van der Waals surface area contributed by atoms with Gasteiger partial charge in [0.15, 0.2) is 20.5 Å². The van der Waals surface area contributed by atoms with Crippen LogP contribution in [0.3, 0.4) is 0 Å². The summed E-state index contributed by atoms with van der Waals surface area (Å²) in [5.74, 6) is -0.297. The molecule has 3 aliphatic rings. The second-order valence-electron chi connectivity index (χ2n) is 14.8. The molecule has 8 rings (SSSR count). The molecular weight excluding hydrogens is 687 g/mol. The summed E-state index contributed by atoms with van der Waals surface area (Å²) in [7, 11) is -2.88. The molecule has 4 aromatic carbocycles. The Bertz CT molecular complexity index is 2150. The van der Waals surface area contributed by atoms with Gasteiger partial charge in [0.1, 0.15) is 5.75 Å². The van der Waals surface area contributed by atoms with Crippen LogP contribution >= 0.6 is 0 Å². The van der Waals surface area contributed by atoms with Crippen molar-refractivity contribution in [3.05, 3.63) is 132 Å². The molecule has 1 saturated heterocycles. The van der Waals surface area contributed by atoms with E-state index >= 15 is 0 Å². The zero-order chi connectivity index (χ0) is 36.9. The lowest BCUT2D eigenvalue weighted by atomic mass is 9.82. The Kier molecular flexibility index (Phi) is 9.01. The number of aliphatic hydroxyl groups is 1. The van der Waals surface area contributed by atoms with Crippen LogP contribution in [0.5, 0.6) is 5.75 Å². The number of hydrogen-bond acceptors (Lipinski definition) is 8. The van der Waals surface area contributed by atoms with Crippen molar-refractivity contribution < 1.29 is 29.0 Å². The maximum atomic E-state index is 14.9. The maximum Gasteiger partial charge on any atom is 0.269 e. The zero-order valence-corrected chi connectivity index (χ0v) is 31.0. The standard InChI is InChI=1S/C41H43N5O6Si/c1-27-39(53(2,3)50)37(20-21-44-24-33(42-43-44)31(25-47)29-13-5-4-6-14-29)52-41(27)32-16-7-8-17-34(32)45(40(41)49)23-28-12-11-15-30(22-28)46-35-18-9-10-19-36(35)51-26-38(46)48/h4-19,22,24,27,31,37,39,47,50H,20-21,23,25-26H2,1-3H3/t27-,31?,37+,39-,41+/m1/s1. The van der Waals surface area contributed by atoms with Crippen molar-refractivity contribution in [2.75, 3.05) is 23.0 Å². The molecule has 1 unspecified atom stereocenters. The normalized spacial score (nSPS) is 22.9. The molecular formula is C41H43N5O6Si. The second-order valence-corrected chi connectivity index (χ2v) is 18.7. The summed E-state index contributed by atoms with van der Waals surface area (Å²) < 4.78 is 14.4. The lowest BCUT2D eigenvalue weighted by Crippen LogP contribution is -2.46. The van der Waals surface area contributed by atoms with E-state index in [4.69, 9.17) is 9.47 Å². The Hall–Kier alpha value is -5.14. The molecule has 1 fully saturated rings. The predicted molar refractivity (Wildman–Crippen MR) is 202 cm³/mol. The minimum atomic E-state index is -2.88. The van der Waals surface area contributed by atoms with Crippen molar-refractivity contribution in [1.82, 2.24) is 15.0 Å². The van der Waals surface area contributed by atoms with E-state index in [9.17, 15) is 19.5 Å². The molecule has 0 radical (unpaired) electrons. The van der Waals surface area contributed by atoms with E-state index < -0.39 is 20.0 Å². The number of aromatic nitrogens is 3. The monoisotopic (exact) mass is 729 g/mol. The highest BCUT2D eigenvalue weighted by atomic mass is 28.4. The summed E-state index contributed by atoms with van der Waals surface area (Å²) in [6, 6.07) is 32.7. The molecule has 4 heterocycles. The third-order valence-corrected chi connectivity index (χ3v) is 13.6. The molecule has 12 heteroatoms. The number of anilines is 3. The molecule has 2 amide bonds. The largest absolute Gasteiger partial charge is 0.482 e. The highest BCUT2D eigenvalue weighted by Crippen LogP contribution is 2.59. The fraction of sp³-hybridized carbons (Fsp3) is 0.317. The molecule has 272 valence electrons. The number of para-hydroxylation sites is 3. The summed E-state index contributed by atoms with van der Waals surface area (Å²) in [5, 5.41) is 18.9. The van der Waals surface area contributed by atoms with Gasteiger partial charge in [-0.05, 0) is 61.0 Å². The molecule has 5 atom stereocenters. The number of hydrogen-bond donors (Lipinski definition) is 2. The van der Waals surface area contributed by atoms with Gasteiger partial charge >= 0.3 is 0 Å². The van der Waals surface area contributed by atoms with Gasteiger partial charge in [-0.3, -0.25) is 19.2 Å². The average molecular weight is 730 g/mol. The molecule has 0 bridgehead atoms. The van der Waals surface area contributed by atoms with Crippen LogP contribution in [0.1, 0.15) is 41.6 Å². The van der Waals surface area contributed by atoms with E-state index in [1.54, 1.807) is 14.5 Å². The first-order chi connectivity index (χ1) is 25.6. The van der Waals surface area contributed by atoms with Gasteiger partial charge in [0, 0.05) is 35.5 Å². The highest BCUT2D eigenvalue weighted by molar-refractivity contribution is 6.71. The molecule has 0 saturated carbocycles. The highest BCUT2D eigenvalue weighted by Gasteiger charge is 2.66. The fourth-order valence-corrected chi connectivity index (χ4v) is 11.3. The van der Waals surface area contributed by atoms with Crippen molar-refractivity contribution in [2.45, 2.75) is 62.7 Å². The number of carbonyl (C=O) groups excluding carboxylic acids is 2. The van der Waals surface area contributed by atoms with E-state index in [1.165, 1.54) is 0 Å². The van der Waals surface area contributed by atoms with E-state index in [0.717, 1.165) is 22.4 Å². The van der Waals surface area contributed by atoms with Crippen LogP contribution in [0.4, 0.5) is 17.1 Å². The average Bonchev–Trinajstić information content (AvgIpc) is 3.82. The lowest BCUT2D eigenvalue weighted by molar-refractivity contribution is -0.146. The minimum absolute atomic E-state index is 0.0568. The number of amides is 2. The maximum absolute atomic E-state index is 14.9. The van der Waals surface area contributed by atoms with Gasteiger partial charge in [-0.25, -0.2) is 0 Å². The molecule has 1 aromatic heterocycles. The molecule has 3 aliphatic heterocycles. The number of ether oxygens (including phenoxy) is 2. The Morgan fingerprint density at radius 1 is 0.943 bits per heavy atom. The molecule has 11 nitrogen and oxygen atoms in total. The number of aliphatic hydroxyl groups excluding tert-OH is 1. The van der Waals surface area contributed by atoms with Gasteiger partial charge in [0.05, 0.1) is 42.2 Å². The van der Waals surface area contributed by atoms with Crippen LogP contribution in [-0.2, 0) is 33.0 Å². The van der Waals surface area contributed by atoms with Gasteiger partial charge in [-0.2, -0.15) is 0 Å². The van der Waals surface area contributed by atoms with Crippen LogP contribution in [0.2, 0.25) is 18.6 Å². The van der Waals surface area contributed by atoms with Crippen LogP contribution in [0.15, 0.2) is 109 Å². The predicted octanol–water partition coefficient (Wildman–Crippen LogP) is 5.89. The number of nitrogens with zero attached hydrogens (tertiary/aromatic N) is 5. The first-order valence-electron chi connectivity index (χ1n) is 18.1. The number of fused-ring (bicyclic) bond motifs is 3. The van der Waals surface area contributed by atoms with Crippen LogP contribution in [-0.4, -0.2) is 64.3 Å². The summed E-state index contributed by atoms with van der Waals surface area (Å²) >= 11 is 0. The van der Waals surface area contributed by atoms with Crippen molar-refractivity contribution in [3.63, 3.8) is 0 Å². The molecule has 2 N–H and O–H groups in total. The zero-order valence-electron chi connectivity index (χ0n) is 30.0. The van der Waals surface area contributed by atoms with Gasteiger partial charge in [-0.15, -0.1) is 5.10 Å². The van der Waals surface area contributed by atoms with Gasteiger partial charge in [-0.1, -0.05) is 84.9 Å². The van der Waals surface area contributed by atoms with E-state index in [2.05, 4.69) is 10.3 Å².